The van der Waals surface area contributed by atoms with Crippen LogP contribution in [0.25, 0.3) is 0 Å². The largest absolute Gasteiger partial charge is 0.466 e. The van der Waals surface area contributed by atoms with Crippen molar-refractivity contribution in [2.75, 3.05) is 13.2 Å². The average Bonchev–Trinajstić information content (AvgIpc) is 2.85. The molecule has 0 aromatic carbocycles. The fourth-order valence-corrected chi connectivity index (χ4v) is 2.70. The Hall–Kier alpha value is -1.47. The van der Waals surface area contributed by atoms with Crippen LogP contribution in [0.1, 0.15) is 38.4 Å². The van der Waals surface area contributed by atoms with Crippen molar-refractivity contribution in [2.45, 2.75) is 44.8 Å². The van der Waals surface area contributed by atoms with Gasteiger partial charge in [-0.1, -0.05) is 0 Å². The monoisotopic (exact) mass is 296 g/mol. The van der Waals surface area contributed by atoms with Gasteiger partial charge in [0.25, 0.3) is 0 Å². The number of ether oxygens (including phenoxy) is 1. The number of hydrogen-bond donors (Lipinski definition) is 2. The summed E-state index contributed by atoms with van der Waals surface area (Å²) in [6, 6.07) is 0. The molecule has 7 nitrogen and oxygen atoms in total. The van der Waals surface area contributed by atoms with Crippen LogP contribution in [0.3, 0.4) is 0 Å². The van der Waals surface area contributed by atoms with Gasteiger partial charge in [-0.05, 0) is 32.6 Å². The predicted octanol–water partition coefficient (Wildman–Crippen LogP) is 0.389. The Labute approximate surface area is 124 Å². The number of carbonyl (C=O) groups excluding carboxylic acids is 1. The van der Waals surface area contributed by atoms with E-state index in [4.69, 9.17) is 4.74 Å². The van der Waals surface area contributed by atoms with E-state index in [1.807, 2.05) is 18.5 Å². The van der Waals surface area contributed by atoms with Crippen molar-refractivity contribution in [1.29, 1.82) is 0 Å². The maximum absolute atomic E-state index is 11.7. The molecule has 0 amide bonds. The zero-order chi connectivity index (χ0) is 15.3. The molecule has 0 saturated heterocycles. The Balaban J connectivity index is 1.74. The first-order chi connectivity index (χ1) is 10.0. The quantitative estimate of drug-likeness (QED) is 0.738. The van der Waals surface area contributed by atoms with Gasteiger partial charge in [-0.3, -0.25) is 4.79 Å². The summed E-state index contributed by atoms with van der Waals surface area (Å²) >= 11 is 0. The first-order valence-electron chi connectivity index (χ1n) is 7.46. The molecule has 0 bridgehead atoms. The first kappa shape index (κ1) is 15.9. The third kappa shape index (κ3) is 4.25. The highest BCUT2D eigenvalue weighted by molar-refractivity contribution is 5.72. The minimum absolute atomic E-state index is 0.0658. The lowest BCUT2D eigenvalue weighted by Gasteiger charge is -2.35. The van der Waals surface area contributed by atoms with Gasteiger partial charge in [0.15, 0.2) is 0 Å². The molecule has 2 N–H and O–H groups in total. The molecule has 1 aliphatic carbocycles. The molecule has 1 fully saturated rings. The Bertz CT molecular complexity index is 467. The Morgan fingerprint density at radius 3 is 2.86 bits per heavy atom. The third-order valence-corrected chi connectivity index (χ3v) is 4.08. The average molecular weight is 296 g/mol. The summed E-state index contributed by atoms with van der Waals surface area (Å²) in [6.07, 6.45) is 4.24. The van der Waals surface area contributed by atoms with Gasteiger partial charge in [0.2, 0.25) is 0 Å². The van der Waals surface area contributed by atoms with E-state index in [0.717, 1.165) is 5.82 Å². The van der Waals surface area contributed by atoms with Crippen LogP contribution in [0.4, 0.5) is 0 Å². The molecule has 1 aromatic heterocycles. The number of hydrogen-bond acceptors (Lipinski definition) is 6. The number of aromatic nitrogens is 3. The van der Waals surface area contributed by atoms with E-state index >= 15 is 0 Å². The van der Waals surface area contributed by atoms with Crippen molar-refractivity contribution in [3.63, 3.8) is 0 Å². The van der Waals surface area contributed by atoms with Gasteiger partial charge < -0.3 is 19.7 Å². The van der Waals surface area contributed by atoms with Gasteiger partial charge in [-0.2, -0.15) is 0 Å². The summed E-state index contributed by atoms with van der Waals surface area (Å²) in [5.41, 5.74) is -0.748. The number of aliphatic hydroxyl groups is 1. The van der Waals surface area contributed by atoms with Crippen LogP contribution >= 0.6 is 0 Å². The second kappa shape index (κ2) is 7.00. The highest BCUT2D eigenvalue weighted by Gasteiger charge is 2.36. The maximum atomic E-state index is 11.7. The van der Waals surface area contributed by atoms with Crippen LogP contribution in [0.15, 0.2) is 6.33 Å². The molecule has 0 unspecified atom stereocenters. The summed E-state index contributed by atoms with van der Waals surface area (Å²) in [5.74, 6) is 0.634. The van der Waals surface area contributed by atoms with E-state index in [1.165, 1.54) is 0 Å². The van der Waals surface area contributed by atoms with Crippen LogP contribution < -0.4 is 5.32 Å². The number of aryl methyl sites for hydroxylation is 1. The standard InChI is InChI=1S/C14H24N4O3/c1-3-21-13(19)11-4-6-14(20,7-5-11)9-15-8-12-17-16-10-18(12)2/h10-11,15,20H,3-9H2,1-2H3. The zero-order valence-electron chi connectivity index (χ0n) is 12.7. The van der Waals surface area contributed by atoms with Crippen molar-refractivity contribution in [3.8, 4) is 0 Å². The summed E-state index contributed by atoms with van der Waals surface area (Å²) < 4.78 is 6.88. The first-order valence-corrected chi connectivity index (χ1v) is 7.46. The van der Waals surface area contributed by atoms with Crippen molar-refractivity contribution in [2.24, 2.45) is 13.0 Å². The molecule has 0 radical (unpaired) electrons. The van der Waals surface area contributed by atoms with Gasteiger partial charge in [-0.25, -0.2) is 0 Å². The smallest absolute Gasteiger partial charge is 0.308 e. The summed E-state index contributed by atoms with van der Waals surface area (Å²) in [5, 5.41) is 21.6. The number of rotatable bonds is 6. The number of nitrogens with zero attached hydrogens (tertiary/aromatic N) is 3. The SMILES string of the molecule is CCOC(=O)C1CCC(O)(CNCc2nncn2C)CC1. The Morgan fingerprint density at radius 2 is 2.29 bits per heavy atom. The van der Waals surface area contributed by atoms with Crippen LogP contribution in [-0.2, 0) is 23.1 Å². The molecule has 118 valence electrons. The van der Waals surface area contributed by atoms with Crippen LogP contribution in [0.5, 0.6) is 0 Å². The Morgan fingerprint density at radius 1 is 1.57 bits per heavy atom. The summed E-state index contributed by atoms with van der Waals surface area (Å²) in [7, 11) is 1.89. The third-order valence-electron chi connectivity index (χ3n) is 4.08. The van der Waals surface area contributed by atoms with Crippen molar-refractivity contribution in [3.05, 3.63) is 12.2 Å². The van der Waals surface area contributed by atoms with Crippen molar-refractivity contribution in [1.82, 2.24) is 20.1 Å². The van der Waals surface area contributed by atoms with Gasteiger partial charge in [-0.15, -0.1) is 10.2 Å². The van der Waals surface area contributed by atoms with Crippen LogP contribution in [0.2, 0.25) is 0 Å². The molecule has 0 atom stereocenters. The second-order valence-corrected chi connectivity index (χ2v) is 5.71. The van der Waals surface area contributed by atoms with Gasteiger partial charge in [0.05, 0.1) is 24.7 Å². The topological polar surface area (TPSA) is 89.3 Å². The van der Waals surface area contributed by atoms with E-state index in [9.17, 15) is 9.90 Å². The lowest BCUT2D eigenvalue weighted by molar-refractivity contribution is -0.151. The van der Waals surface area contributed by atoms with E-state index < -0.39 is 5.60 Å². The van der Waals surface area contributed by atoms with Gasteiger partial charge in [0.1, 0.15) is 12.2 Å². The lowest BCUT2D eigenvalue weighted by atomic mass is 9.79. The number of esters is 1. The normalized spacial score (nSPS) is 25.8. The molecule has 1 saturated carbocycles. The maximum Gasteiger partial charge on any atom is 0.308 e. The number of nitrogens with one attached hydrogen (secondary N) is 1. The predicted molar refractivity (Wildman–Crippen MR) is 76.3 cm³/mol. The van der Waals surface area contributed by atoms with Crippen molar-refractivity contribution < 1.29 is 14.6 Å². The van der Waals surface area contributed by atoms with E-state index in [1.54, 1.807) is 6.33 Å². The fourth-order valence-electron chi connectivity index (χ4n) is 2.70. The minimum Gasteiger partial charge on any atom is -0.466 e. The van der Waals surface area contributed by atoms with Crippen LogP contribution in [0, 0.1) is 5.92 Å². The highest BCUT2D eigenvalue weighted by Crippen LogP contribution is 2.32. The molecule has 21 heavy (non-hydrogen) atoms. The van der Waals surface area contributed by atoms with Crippen molar-refractivity contribution >= 4 is 5.97 Å². The molecule has 0 aliphatic heterocycles. The molecular formula is C14H24N4O3. The van der Waals surface area contributed by atoms with E-state index in [2.05, 4.69) is 15.5 Å². The van der Waals surface area contributed by atoms with Gasteiger partial charge >= 0.3 is 5.97 Å². The molecule has 1 aliphatic rings. The fraction of sp³-hybridized carbons (Fsp3) is 0.786. The van der Waals surface area contributed by atoms with E-state index in [-0.39, 0.29) is 11.9 Å². The molecule has 1 aromatic rings. The second-order valence-electron chi connectivity index (χ2n) is 5.71. The highest BCUT2D eigenvalue weighted by atomic mass is 16.5. The number of carbonyl (C=O) groups is 1. The molecule has 1 heterocycles. The Kier molecular flexibility index (Phi) is 5.30. The van der Waals surface area contributed by atoms with Gasteiger partial charge in [0, 0.05) is 13.6 Å². The lowest BCUT2D eigenvalue weighted by Crippen LogP contribution is -2.44. The van der Waals surface area contributed by atoms with Crippen LogP contribution in [-0.4, -0.2) is 44.6 Å². The molecule has 2 rings (SSSR count). The molecule has 7 heteroatoms. The molecule has 0 spiro atoms. The summed E-state index contributed by atoms with van der Waals surface area (Å²) in [4.78, 5) is 11.7. The summed E-state index contributed by atoms with van der Waals surface area (Å²) in [6.45, 7) is 3.29. The molecular weight excluding hydrogens is 272 g/mol. The zero-order valence-corrected chi connectivity index (χ0v) is 12.7. The van der Waals surface area contributed by atoms with E-state index in [0.29, 0.717) is 45.4 Å². The minimum atomic E-state index is -0.748.